The summed E-state index contributed by atoms with van der Waals surface area (Å²) in [5.74, 6) is 0. The molecule has 0 atom stereocenters. The minimum absolute atomic E-state index is 0.640. The molecule has 0 aromatic rings. The first kappa shape index (κ1) is 41.6. The molecule has 0 fully saturated rings. The van der Waals surface area contributed by atoms with Crippen LogP contribution in [0.15, 0.2) is 0 Å². The van der Waals surface area contributed by atoms with E-state index in [9.17, 15) is 0 Å². The molecule has 5 heteroatoms. The van der Waals surface area contributed by atoms with Crippen molar-refractivity contribution in [2.24, 2.45) is 0 Å². The van der Waals surface area contributed by atoms with Crippen LogP contribution in [0.25, 0.3) is 0 Å². The normalized spacial score (nSPS) is 13.8. The van der Waals surface area contributed by atoms with Crippen LogP contribution in [0.2, 0.25) is 17.7 Å². The van der Waals surface area contributed by atoms with Crippen LogP contribution in [-0.4, -0.2) is 112 Å². The zero-order valence-corrected chi connectivity index (χ0v) is 34.2. The van der Waals surface area contributed by atoms with Crippen molar-refractivity contribution in [3.05, 3.63) is 0 Å². The van der Waals surface area contributed by atoms with Crippen molar-refractivity contribution >= 4 is 18.4 Å². The molecule has 0 spiro atoms. The number of nitrogens with zero attached hydrogens (tertiary/aromatic N) is 4. The fraction of sp³-hybridized carbons (Fsp3) is 1.00. The number of hydrogen-bond donors (Lipinski definition) is 0. The quantitative estimate of drug-likeness (QED) is 0.0938. The molecule has 0 radical (unpaired) electrons. The van der Waals surface area contributed by atoms with E-state index in [1.165, 1.54) is 51.9 Å². The van der Waals surface area contributed by atoms with E-state index in [-0.39, 0.29) is 0 Å². The molecule has 0 aromatic heterocycles. The van der Waals surface area contributed by atoms with Crippen LogP contribution in [0.3, 0.4) is 0 Å². The minimum atomic E-state index is -2.42. The summed E-state index contributed by atoms with van der Waals surface area (Å²) in [6.45, 7) is 43.4. The van der Waals surface area contributed by atoms with Gasteiger partial charge in [0.1, 0.15) is 0 Å². The molecule has 41 heavy (non-hydrogen) atoms. The maximum atomic E-state index is 2.74. The molecule has 0 rings (SSSR count). The van der Waals surface area contributed by atoms with Crippen LogP contribution in [0.4, 0.5) is 0 Å². The summed E-state index contributed by atoms with van der Waals surface area (Å²) in [5.41, 5.74) is 0. The molecule has 0 aliphatic heterocycles. The Morgan fingerprint density at radius 1 is 0.293 bits per heavy atom. The van der Waals surface area contributed by atoms with Gasteiger partial charge in [0.05, 0.1) is 0 Å². The van der Waals surface area contributed by atoms with Gasteiger partial charge in [-0.05, 0) is 0 Å². The Morgan fingerprint density at radius 3 is 0.561 bits per heavy atom. The van der Waals surface area contributed by atoms with E-state index in [1.807, 2.05) is 0 Å². The van der Waals surface area contributed by atoms with Crippen LogP contribution in [0, 0.1) is 0 Å². The summed E-state index contributed by atoms with van der Waals surface area (Å²) in [5, 5.41) is 0. The van der Waals surface area contributed by atoms with Gasteiger partial charge in [0.15, 0.2) is 0 Å². The van der Waals surface area contributed by atoms with Gasteiger partial charge in [-0.2, -0.15) is 0 Å². The molecule has 4 nitrogen and oxygen atoms in total. The van der Waals surface area contributed by atoms with E-state index in [0.29, 0.717) is 48.3 Å². The molecular formula is C36H80N4Sn. The Hall–Kier alpha value is 0.639. The molecule has 0 saturated carbocycles. The van der Waals surface area contributed by atoms with Crippen LogP contribution in [0.5, 0.6) is 0 Å². The molecule has 0 aliphatic carbocycles. The Morgan fingerprint density at radius 2 is 0.439 bits per heavy atom. The van der Waals surface area contributed by atoms with Crippen molar-refractivity contribution in [1.82, 2.24) is 19.6 Å². The molecule has 0 aliphatic rings. The predicted molar refractivity (Wildman–Crippen MR) is 191 cm³/mol. The average Bonchev–Trinajstić information content (AvgIpc) is 2.82. The fourth-order valence-corrected chi connectivity index (χ4v) is 22.4. The number of hydrogen-bond acceptors (Lipinski definition) is 4. The monoisotopic (exact) mass is 689 g/mol. The first-order valence-electron chi connectivity index (χ1n) is 18.0. The molecule has 0 N–H and O–H groups in total. The van der Waals surface area contributed by atoms with Crippen molar-refractivity contribution < 1.29 is 0 Å². The van der Waals surface area contributed by atoms with Gasteiger partial charge >= 0.3 is 267 Å². The average molecular weight is 688 g/mol. The van der Waals surface area contributed by atoms with Gasteiger partial charge in [-0.3, -0.25) is 0 Å². The van der Waals surface area contributed by atoms with Crippen molar-refractivity contribution in [3.8, 4) is 0 Å². The Labute approximate surface area is 265 Å². The van der Waals surface area contributed by atoms with Gasteiger partial charge in [0, 0.05) is 0 Å². The molecule has 0 saturated heterocycles. The summed E-state index contributed by atoms with van der Waals surface area (Å²) in [6.07, 6.45) is 5.67. The molecule has 248 valence electrons. The summed E-state index contributed by atoms with van der Waals surface area (Å²) < 4.78 is 6.34. The van der Waals surface area contributed by atoms with Crippen LogP contribution in [-0.2, 0) is 0 Å². The second-order valence-electron chi connectivity index (χ2n) is 15.6. The van der Waals surface area contributed by atoms with Crippen molar-refractivity contribution in [3.63, 3.8) is 0 Å². The third kappa shape index (κ3) is 16.5. The first-order chi connectivity index (χ1) is 19.0. The van der Waals surface area contributed by atoms with Crippen LogP contribution >= 0.6 is 0 Å². The predicted octanol–water partition coefficient (Wildman–Crippen LogP) is 9.47. The second kappa shape index (κ2) is 21.4. The van der Waals surface area contributed by atoms with E-state index in [1.54, 1.807) is 17.7 Å². The van der Waals surface area contributed by atoms with Crippen molar-refractivity contribution in [1.29, 1.82) is 0 Å². The third-order valence-electron chi connectivity index (χ3n) is 9.80. The second-order valence-corrected chi connectivity index (χ2v) is 29.9. The summed E-state index contributed by atoms with van der Waals surface area (Å²) in [6, 6.07) is 5.12. The van der Waals surface area contributed by atoms with Crippen LogP contribution < -0.4 is 0 Å². The van der Waals surface area contributed by atoms with Gasteiger partial charge in [-0.1, -0.05) is 0 Å². The Balaban J connectivity index is 6.01. The Bertz CT molecular complexity index is 488. The fourth-order valence-electron chi connectivity index (χ4n) is 7.75. The molecule has 0 aromatic carbocycles. The van der Waals surface area contributed by atoms with E-state index in [0.717, 1.165) is 0 Å². The zero-order chi connectivity index (χ0) is 31.9. The maximum absolute atomic E-state index is 2.74. The summed E-state index contributed by atoms with van der Waals surface area (Å²) in [7, 11) is 0. The van der Waals surface area contributed by atoms with E-state index >= 15 is 0 Å². The van der Waals surface area contributed by atoms with E-state index in [2.05, 4.69) is 130 Å². The molecule has 0 unspecified atom stereocenters. The zero-order valence-electron chi connectivity index (χ0n) is 31.4. The first-order valence-corrected chi connectivity index (χ1v) is 26.1. The van der Waals surface area contributed by atoms with E-state index < -0.39 is 18.4 Å². The van der Waals surface area contributed by atoms with Gasteiger partial charge in [-0.15, -0.1) is 0 Å². The van der Waals surface area contributed by atoms with Gasteiger partial charge in [0.25, 0.3) is 0 Å². The molecule has 0 heterocycles. The third-order valence-corrected chi connectivity index (χ3v) is 25.9. The van der Waals surface area contributed by atoms with Crippen molar-refractivity contribution in [2.45, 2.75) is 203 Å². The summed E-state index contributed by atoms with van der Waals surface area (Å²) >= 11 is -2.42. The molecule has 0 amide bonds. The van der Waals surface area contributed by atoms with Crippen LogP contribution in [0.1, 0.15) is 136 Å². The SMILES string of the molecule is CC(C)N(CC[CH2][Sn]([CH2]CCN(C(C)C)C(C)C)([CH2]CCN(C(C)C)C(C)C)[CH2]CCN(C(C)C)C(C)C)C(C)C. The van der Waals surface area contributed by atoms with Gasteiger partial charge < -0.3 is 0 Å². The topological polar surface area (TPSA) is 13.0 Å². The summed E-state index contributed by atoms with van der Waals surface area (Å²) in [4.78, 5) is 11.0. The standard InChI is InChI=1S/4C9H20N.Sn/c4*1-6-7-10(8(2)3)9(4)5;/h4*8-9H,1,6-7H2,2-5H3;. The molecule has 0 bridgehead atoms. The van der Waals surface area contributed by atoms with E-state index in [4.69, 9.17) is 0 Å². The molecular weight excluding hydrogens is 607 g/mol. The van der Waals surface area contributed by atoms with Crippen molar-refractivity contribution in [2.75, 3.05) is 26.2 Å². The van der Waals surface area contributed by atoms with Gasteiger partial charge in [-0.25, -0.2) is 0 Å². The van der Waals surface area contributed by atoms with Gasteiger partial charge in [0.2, 0.25) is 0 Å². The number of rotatable bonds is 24. The Kier molecular flexibility index (Phi) is 21.7.